The van der Waals surface area contributed by atoms with Gasteiger partial charge in [0.2, 0.25) is 11.8 Å². The minimum atomic E-state index is -0.167. The summed E-state index contributed by atoms with van der Waals surface area (Å²) >= 11 is 0. The second-order valence-electron chi connectivity index (χ2n) is 5.95. The van der Waals surface area contributed by atoms with Gasteiger partial charge in [0.25, 0.3) is 0 Å². The van der Waals surface area contributed by atoms with E-state index in [4.69, 9.17) is 10.5 Å². The van der Waals surface area contributed by atoms with E-state index in [9.17, 15) is 9.59 Å². The fourth-order valence-electron chi connectivity index (χ4n) is 2.65. The highest BCUT2D eigenvalue weighted by atomic mass is 16.5. The van der Waals surface area contributed by atoms with Crippen molar-refractivity contribution in [2.24, 2.45) is 11.7 Å². The summed E-state index contributed by atoms with van der Waals surface area (Å²) in [4.78, 5) is 27.8. The first-order chi connectivity index (χ1) is 9.97. The van der Waals surface area contributed by atoms with Crippen LogP contribution in [0.25, 0.3) is 0 Å². The van der Waals surface area contributed by atoms with Crippen LogP contribution in [-0.4, -0.2) is 68.6 Å². The lowest BCUT2D eigenvalue weighted by atomic mass is 9.94. The Labute approximate surface area is 127 Å². The number of methoxy groups -OCH3 is 1. The van der Waals surface area contributed by atoms with Crippen LogP contribution < -0.4 is 5.73 Å². The topological polar surface area (TPSA) is 75.9 Å². The first kappa shape index (κ1) is 17.9. The van der Waals surface area contributed by atoms with E-state index in [0.717, 1.165) is 32.1 Å². The summed E-state index contributed by atoms with van der Waals surface area (Å²) in [6.07, 6.45) is 4.95. The van der Waals surface area contributed by atoms with Gasteiger partial charge in [0, 0.05) is 33.8 Å². The van der Waals surface area contributed by atoms with Gasteiger partial charge in [-0.25, -0.2) is 0 Å². The molecule has 0 saturated heterocycles. The van der Waals surface area contributed by atoms with Crippen LogP contribution in [-0.2, 0) is 14.3 Å². The number of amides is 2. The average Bonchev–Trinajstić information content (AvgIpc) is 2.66. The van der Waals surface area contributed by atoms with E-state index in [2.05, 4.69) is 0 Å². The van der Waals surface area contributed by atoms with Crippen LogP contribution >= 0.6 is 0 Å². The zero-order chi connectivity index (χ0) is 15.8. The van der Waals surface area contributed by atoms with Crippen LogP contribution in [0.5, 0.6) is 0 Å². The average molecular weight is 299 g/mol. The lowest BCUT2D eigenvalue weighted by molar-refractivity contribution is -0.143. The van der Waals surface area contributed by atoms with Crippen molar-refractivity contribution in [3.8, 4) is 0 Å². The molecule has 2 unspecified atom stereocenters. The molecule has 1 saturated carbocycles. The molecule has 2 N–H and O–H groups in total. The van der Waals surface area contributed by atoms with Crippen molar-refractivity contribution in [1.82, 2.24) is 9.80 Å². The van der Waals surface area contributed by atoms with Gasteiger partial charge >= 0.3 is 0 Å². The molecular weight excluding hydrogens is 270 g/mol. The quantitative estimate of drug-likeness (QED) is 0.723. The van der Waals surface area contributed by atoms with Gasteiger partial charge in [-0.3, -0.25) is 9.59 Å². The van der Waals surface area contributed by atoms with Crippen molar-refractivity contribution in [1.29, 1.82) is 0 Å². The Bertz CT molecular complexity index is 347. The molecule has 0 radical (unpaired) electrons. The Kier molecular flexibility index (Phi) is 7.67. The van der Waals surface area contributed by atoms with Crippen molar-refractivity contribution in [2.45, 2.75) is 38.1 Å². The molecule has 0 aromatic rings. The number of likely N-dealkylation sites (N-methyl/N-ethyl adjacent to an activating group) is 1. The molecule has 6 heteroatoms. The van der Waals surface area contributed by atoms with Gasteiger partial charge < -0.3 is 20.3 Å². The molecule has 6 nitrogen and oxygen atoms in total. The minimum Gasteiger partial charge on any atom is -0.383 e. The Hall–Kier alpha value is -1.14. The molecular formula is C15H29N3O3. The summed E-state index contributed by atoms with van der Waals surface area (Å²) in [7, 11) is 4.98. The highest BCUT2D eigenvalue weighted by molar-refractivity contribution is 5.86. The second-order valence-corrected chi connectivity index (χ2v) is 5.95. The van der Waals surface area contributed by atoms with Gasteiger partial charge in [-0.1, -0.05) is 19.3 Å². The van der Waals surface area contributed by atoms with Gasteiger partial charge in [0.15, 0.2) is 0 Å². The number of nitrogens with zero attached hydrogens (tertiary/aromatic N) is 2. The van der Waals surface area contributed by atoms with Crippen molar-refractivity contribution < 1.29 is 14.3 Å². The number of carbonyl (C=O) groups excluding carboxylic acids is 2. The van der Waals surface area contributed by atoms with Gasteiger partial charge in [0.05, 0.1) is 19.1 Å². The highest BCUT2D eigenvalue weighted by Gasteiger charge is 2.31. The lowest BCUT2D eigenvalue weighted by Crippen LogP contribution is -2.48. The Morgan fingerprint density at radius 2 is 1.86 bits per heavy atom. The van der Waals surface area contributed by atoms with Crippen LogP contribution in [0.2, 0.25) is 0 Å². The van der Waals surface area contributed by atoms with Gasteiger partial charge in [-0.15, -0.1) is 0 Å². The molecule has 21 heavy (non-hydrogen) atoms. The normalized spacial score (nSPS) is 22.5. The molecule has 122 valence electrons. The predicted molar refractivity (Wildman–Crippen MR) is 81.7 cm³/mol. The van der Waals surface area contributed by atoms with E-state index in [1.807, 2.05) is 0 Å². The third kappa shape index (κ3) is 5.63. The number of hydrogen-bond acceptors (Lipinski definition) is 4. The van der Waals surface area contributed by atoms with Crippen LogP contribution in [0.15, 0.2) is 0 Å². The van der Waals surface area contributed by atoms with Crippen LogP contribution in [0.4, 0.5) is 0 Å². The number of ether oxygens (including phenoxy) is 1. The zero-order valence-electron chi connectivity index (χ0n) is 13.5. The summed E-state index contributed by atoms with van der Waals surface area (Å²) in [5.41, 5.74) is 6.16. The molecule has 2 amide bonds. The highest BCUT2D eigenvalue weighted by Crippen LogP contribution is 2.24. The molecule has 1 aliphatic rings. The van der Waals surface area contributed by atoms with Crippen LogP contribution in [0.1, 0.15) is 32.1 Å². The van der Waals surface area contributed by atoms with E-state index in [1.54, 1.807) is 26.1 Å². The predicted octanol–water partition coefficient (Wildman–Crippen LogP) is 0.457. The van der Waals surface area contributed by atoms with E-state index in [1.165, 1.54) is 4.90 Å². The molecule has 0 bridgehead atoms. The molecule has 2 atom stereocenters. The number of rotatable bonds is 6. The second kappa shape index (κ2) is 9.00. The fourth-order valence-corrected chi connectivity index (χ4v) is 2.65. The van der Waals surface area contributed by atoms with Crippen LogP contribution in [0, 0.1) is 5.92 Å². The van der Waals surface area contributed by atoms with Crippen molar-refractivity contribution >= 4 is 11.8 Å². The van der Waals surface area contributed by atoms with Crippen molar-refractivity contribution in [3.63, 3.8) is 0 Å². The summed E-state index contributed by atoms with van der Waals surface area (Å²) < 4.78 is 5.05. The Morgan fingerprint density at radius 3 is 2.48 bits per heavy atom. The number of hydrogen-bond donors (Lipinski definition) is 1. The summed E-state index contributed by atoms with van der Waals surface area (Å²) in [6.45, 7) is 0.949. The van der Waals surface area contributed by atoms with E-state index in [-0.39, 0.29) is 30.3 Å². The maximum absolute atomic E-state index is 12.7. The third-order valence-electron chi connectivity index (χ3n) is 4.09. The summed E-state index contributed by atoms with van der Waals surface area (Å²) in [5, 5.41) is 0. The number of nitrogens with two attached hydrogens (primary N) is 1. The van der Waals surface area contributed by atoms with Crippen molar-refractivity contribution in [2.75, 3.05) is 40.9 Å². The SMILES string of the molecule is COCCN(CC(=O)N(C)C)C(=O)C1CCCCCC1N. The maximum atomic E-state index is 12.7. The molecule has 0 heterocycles. The standard InChI is InChI=1S/C15H29N3O3/c1-17(2)14(19)11-18(9-10-21-3)15(20)12-7-5-4-6-8-13(12)16/h12-13H,4-11,16H2,1-3H3. The largest absolute Gasteiger partial charge is 0.383 e. The molecule has 0 aliphatic heterocycles. The van der Waals surface area contributed by atoms with E-state index in [0.29, 0.717) is 13.2 Å². The Morgan fingerprint density at radius 1 is 1.19 bits per heavy atom. The van der Waals surface area contributed by atoms with Gasteiger partial charge in [-0.05, 0) is 12.8 Å². The van der Waals surface area contributed by atoms with Gasteiger partial charge in [0.1, 0.15) is 0 Å². The number of carbonyl (C=O) groups is 2. The smallest absolute Gasteiger partial charge is 0.241 e. The van der Waals surface area contributed by atoms with E-state index >= 15 is 0 Å². The molecule has 1 rings (SSSR count). The molecule has 0 aromatic heterocycles. The Balaban J connectivity index is 2.74. The maximum Gasteiger partial charge on any atom is 0.241 e. The zero-order valence-corrected chi connectivity index (χ0v) is 13.5. The minimum absolute atomic E-state index is 0.00310. The first-order valence-electron chi connectivity index (χ1n) is 7.70. The molecule has 0 aromatic carbocycles. The fraction of sp³-hybridized carbons (Fsp3) is 0.867. The molecule has 1 fully saturated rings. The van der Waals surface area contributed by atoms with Gasteiger partial charge in [-0.2, -0.15) is 0 Å². The lowest BCUT2D eigenvalue weighted by Gasteiger charge is -2.29. The third-order valence-corrected chi connectivity index (χ3v) is 4.09. The van der Waals surface area contributed by atoms with Crippen molar-refractivity contribution in [3.05, 3.63) is 0 Å². The first-order valence-corrected chi connectivity index (χ1v) is 7.70. The van der Waals surface area contributed by atoms with Crippen LogP contribution in [0.3, 0.4) is 0 Å². The monoisotopic (exact) mass is 299 g/mol. The molecule has 0 spiro atoms. The summed E-state index contributed by atoms with van der Waals surface area (Å²) in [5.74, 6) is -0.252. The summed E-state index contributed by atoms with van der Waals surface area (Å²) in [6, 6.07) is -0.0977. The molecule has 1 aliphatic carbocycles. The van der Waals surface area contributed by atoms with E-state index < -0.39 is 0 Å².